The fourth-order valence-corrected chi connectivity index (χ4v) is 4.96. The van der Waals surface area contributed by atoms with Crippen molar-refractivity contribution >= 4 is 72.9 Å². The summed E-state index contributed by atoms with van der Waals surface area (Å²) in [6.07, 6.45) is 0.523. The highest BCUT2D eigenvalue weighted by atomic mass is 35.5. The van der Waals surface area contributed by atoms with E-state index >= 15 is 0 Å². The van der Waals surface area contributed by atoms with Gasteiger partial charge in [0.25, 0.3) is 0 Å². The normalized spacial score (nSPS) is 11.1. The fraction of sp³-hybridized carbons (Fsp3) is 0.200. The number of carbonyl (C=O) groups is 1. The Bertz CT molecular complexity index is 1490. The van der Waals surface area contributed by atoms with Gasteiger partial charge in [0.05, 0.1) is 46.6 Å². The number of aromatic nitrogens is 1. The van der Waals surface area contributed by atoms with Gasteiger partial charge in [0, 0.05) is 23.8 Å². The Hall–Kier alpha value is -3.56. The quantitative estimate of drug-likeness (QED) is 0.261. The van der Waals surface area contributed by atoms with E-state index in [4.69, 9.17) is 9.72 Å². The summed E-state index contributed by atoms with van der Waals surface area (Å²) in [5, 5.41) is 8.01. The summed E-state index contributed by atoms with van der Waals surface area (Å²) in [5.74, 6) is 0.338. The number of methoxy groups -OCH3 is 1. The zero-order valence-electron chi connectivity index (χ0n) is 19.6. The van der Waals surface area contributed by atoms with Gasteiger partial charge < -0.3 is 15.4 Å². The summed E-state index contributed by atoms with van der Waals surface area (Å²) in [6.45, 7) is 3.27. The average Bonchev–Trinajstić information content (AvgIpc) is 2.79. The number of para-hydroxylation sites is 2. The highest BCUT2D eigenvalue weighted by Crippen LogP contribution is 2.38. The van der Waals surface area contributed by atoms with Gasteiger partial charge in [-0.25, -0.2) is 13.4 Å². The molecule has 10 heteroatoms. The lowest BCUT2D eigenvalue weighted by Crippen LogP contribution is -2.16. The minimum Gasteiger partial charge on any atom is -0.494 e. The molecule has 0 spiro atoms. The Balaban J connectivity index is 0.00000342. The third kappa shape index (κ3) is 5.75. The predicted molar refractivity (Wildman–Crippen MR) is 145 cm³/mol. The van der Waals surface area contributed by atoms with Crippen LogP contribution < -0.4 is 20.1 Å². The van der Waals surface area contributed by atoms with Crippen LogP contribution in [0.4, 0.5) is 22.7 Å². The third-order valence-electron chi connectivity index (χ3n) is 5.23. The second-order valence-corrected chi connectivity index (χ2v) is 9.69. The largest absolute Gasteiger partial charge is 0.494 e. The van der Waals surface area contributed by atoms with Crippen LogP contribution in [-0.4, -0.2) is 32.2 Å². The number of pyridine rings is 1. The zero-order valence-corrected chi connectivity index (χ0v) is 21.2. The smallest absolute Gasteiger partial charge is 0.232 e. The van der Waals surface area contributed by atoms with Crippen molar-refractivity contribution in [1.29, 1.82) is 0 Å². The molecule has 3 aromatic carbocycles. The topological polar surface area (TPSA) is 109 Å². The molecule has 0 unspecified atom stereocenters. The number of benzene rings is 3. The van der Waals surface area contributed by atoms with E-state index in [9.17, 15) is 13.2 Å². The van der Waals surface area contributed by atoms with E-state index in [1.54, 1.807) is 18.2 Å². The lowest BCUT2D eigenvalue weighted by molar-refractivity contribution is -0.114. The molecule has 0 aliphatic carbocycles. The van der Waals surface area contributed by atoms with Gasteiger partial charge in [-0.2, -0.15) is 0 Å². The van der Waals surface area contributed by atoms with Crippen LogP contribution in [0.1, 0.15) is 20.3 Å². The minimum atomic E-state index is -3.42. The molecule has 8 nitrogen and oxygen atoms in total. The first kappa shape index (κ1) is 26.1. The van der Waals surface area contributed by atoms with Crippen LogP contribution in [0, 0.1) is 0 Å². The van der Waals surface area contributed by atoms with Gasteiger partial charge in [0.1, 0.15) is 5.75 Å². The number of ether oxygens (including phenoxy) is 1. The molecule has 0 radical (unpaired) electrons. The van der Waals surface area contributed by atoms with Crippen molar-refractivity contribution in [2.75, 3.05) is 28.2 Å². The summed E-state index contributed by atoms with van der Waals surface area (Å²) in [5.41, 5.74) is 3.91. The molecule has 0 aliphatic heterocycles. The molecular formula is C25H27ClN4O4S. The van der Waals surface area contributed by atoms with Gasteiger partial charge in [0.15, 0.2) is 0 Å². The summed E-state index contributed by atoms with van der Waals surface area (Å²) < 4.78 is 32.5. The molecule has 4 aromatic rings. The van der Waals surface area contributed by atoms with Crippen LogP contribution >= 0.6 is 12.4 Å². The number of nitrogens with zero attached hydrogens (tertiary/aromatic N) is 1. The van der Waals surface area contributed by atoms with E-state index in [1.807, 2.05) is 49.4 Å². The molecule has 0 saturated heterocycles. The van der Waals surface area contributed by atoms with Crippen LogP contribution in [-0.2, 0) is 14.8 Å². The standard InChI is InChI=1S/C25H26N4O4S.ClH/c1-4-14-34(31,32)29-17-12-13-21(23(15-17)33-3)28-24-18-8-5-6-10-20(18)27-25-19(24)9-7-11-22(25)26-16(2)30;/h5-13,15,29H,4,14H2,1-3H3,(H,26,30)(H,27,28);1H. The van der Waals surface area contributed by atoms with Crippen LogP contribution in [0.25, 0.3) is 21.8 Å². The van der Waals surface area contributed by atoms with Crippen molar-refractivity contribution in [2.45, 2.75) is 20.3 Å². The minimum absolute atomic E-state index is 0. The van der Waals surface area contributed by atoms with Crippen molar-refractivity contribution in [2.24, 2.45) is 0 Å². The third-order valence-corrected chi connectivity index (χ3v) is 6.72. The van der Waals surface area contributed by atoms with E-state index in [2.05, 4.69) is 15.4 Å². The molecule has 0 fully saturated rings. The summed E-state index contributed by atoms with van der Waals surface area (Å²) in [7, 11) is -1.89. The number of hydrogen-bond acceptors (Lipinski definition) is 6. The highest BCUT2D eigenvalue weighted by Gasteiger charge is 2.16. The Morgan fingerprint density at radius 2 is 1.74 bits per heavy atom. The van der Waals surface area contributed by atoms with E-state index in [0.29, 0.717) is 34.7 Å². The molecule has 35 heavy (non-hydrogen) atoms. The number of halogens is 1. The number of anilines is 4. The van der Waals surface area contributed by atoms with Crippen LogP contribution in [0.3, 0.4) is 0 Å². The monoisotopic (exact) mass is 514 g/mol. The van der Waals surface area contributed by atoms with E-state index in [1.165, 1.54) is 14.0 Å². The van der Waals surface area contributed by atoms with Gasteiger partial charge in [-0.05, 0) is 30.7 Å². The number of carbonyl (C=O) groups excluding carboxylic acids is 1. The number of nitrogens with one attached hydrogen (secondary N) is 3. The summed E-state index contributed by atoms with van der Waals surface area (Å²) in [6, 6.07) is 18.4. The number of fused-ring (bicyclic) bond motifs is 2. The maximum atomic E-state index is 12.2. The Morgan fingerprint density at radius 1 is 1.00 bits per heavy atom. The van der Waals surface area contributed by atoms with Crippen molar-refractivity contribution < 1.29 is 17.9 Å². The number of amides is 1. The van der Waals surface area contributed by atoms with Crippen LogP contribution in [0.5, 0.6) is 5.75 Å². The fourth-order valence-electron chi connectivity index (χ4n) is 3.83. The molecule has 0 atom stereocenters. The SMILES string of the molecule is CCCS(=O)(=O)Nc1ccc(Nc2c3ccccc3nc3c(NC(C)=O)cccc23)c(OC)c1.Cl. The Morgan fingerprint density at radius 3 is 2.46 bits per heavy atom. The maximum absolute atomic E-state index is 12.2. The van der Waals surface area contributed by atoms with E-state index in [0.717, 1.165) is 22.0 Å². The average molecular weight is 515 g/mol. The summed E-state index contributed by atoms with van der Waals surface area (Å²) in [4.78, 5) is 16.5. The number of hydrogen-bond donors (Lipinski definition) is 3. The number of sulfonamides is 1. The molecule has 4 rings (SSSR count). The lowest BCUT2D eigenvalue weighted by atomic mass is 10.1. The van der Waals surface area contributed by atoms with E-state index in [-0.39, 0.29) is 24.1 Å². The zero-order chi connectivity index (χ0) is 24.3. The second-order valence-electron chi connectivity index (χ2n) is 7.85. The van der Waals surface area contributed by atoms with Crippen molar-refractivity contribution in [3.05, 3.63) is 60.7 Å². The molecule has 0 saturated carbocycles. The molecule has 0 bridgehead atoms. The van der Waals surface area contributed by atoms with Gasteiger partial charge in [0.2, 0.25) is 15.9 Å². The van der Waals surface area contributed by atoms with Crippen molar-refractivity contribution in [3.63, 3.8) is 0 Å². The van der Waals surface area contributed by atoms with Gasteiger partial charge in [-0.15, -0.1) is 12.4 Å². The first-order valence-corrected chi connectivity index (χ1v) is 12.5. The lowest BCUT2D eigenvalue weighted by Gasteiger charge is -2.18. The highest BCUT2D eigenvalue weighted by molar-refractivity contribution is 7.92. The van der Waals surface area contributed by atoms with Gasteiger partial charge in [-0.1, -0.05) is 37.3 Å². The summed E-state index contributed by atoms with van der Waals surface area (Å²) >= 11 is 0. The van der Waals surface area contributed by atoms with Crippen molar-refractivity contribution in [3.8, 4) is 5.75 Å². The van der Waals surface area contributed by atoms with Gasteiger partial charge in [-0.3, -0.25) is 9.52 Å². The Kier molecular flexibility index (Phi) is 8.03. The van der Waals surface area contributed by atoms with Crippen molar-refractivity contribution in [1.82, 2.24) is 4.98 Å². The molecular weight excluding hydrogens is 488 g/mol. The molecule has 0 aliphatic rings. The Labute approximate surface area is 210 Å². The number of rotatable bonds is 8. The first-order valence-electron chi connectivity index (χ1n) is 10.9. The molecule has 1 aromatic heterocycles. The van der Waals surface area contributed by atoms with Gasteiger partial charge >= 0.3 is 0 Å². The molecule has 3 N–H and O–H groups in total. The van der Waals surface area contributed by atoms with Crippen LogP contribution in [0.2, 0.25) is 0 Å². The van der Waals surface area contributed by atoms with Crippen LogP contribution in [0.15, 0.2) is 60.7 Å². The van der Waals surface area contributed by atoms with E-state index < -0.39 is 10.0 Å². The maximum Gasteiger partial charge on any atom is 0.232 e. The predicted octanol–water partition coefficient (Wildman–Crippen LogP) is 5.67. The molecule has 184 valence electrons. The molecule has 1 amide bonds. The molecule has 1 heterocycles. The second kappa shape index (κ2) is 10.8. The first-order chi connectivity index (χ1) is 16.3.